The number of thiophene rings is 1. The van der Waals surface area contributed by atoms with Crippen LogP contribution in [0.3, 0.4) is 0 Å². The van der Waals surface area contributed by atoms with E-state index >= 15 is 0 Å². The van der Waals surface area contributed by atoms with Gasteiger partial charge in [-0.1, -0.05) is 0 Å². The number of alkyl halides is 1. The summed E-state index contributed by atoms with van der Waals surface area (Å²) in [6.45, 7) is 0.356. The molecule has 4 N–H and O–H groups in total. The molecule has 7 heteroatoms. The Bertz CT molecular complexity index is 412. The van der Waals surface area contributed by atoms with Crippen molar-refractivity contribution in [3.05, 3.63) is 21.9 Å². The molecule has 0 radical (unpaired) electrons. The van der Waals surface area contributed by atoms with Crippen LogP contribution in [0.1, 0.15) is 22.6 Å². The summed E-state index contributed by atoms with van der Waals surface area (Å²) in [7, 11) is 0. The van der Waals surface area contributed by atoms with Crippen molar-refractivity contribution in [3.63, 3.8) is 0 Å². The lowest BCUT2D eigenvalue weighted by Crippen LogP contribution is -2.42. The summed E-state index contributed by atoms with van der Waals surface area (Å²) in [4.78, 5) is 12.2. The average Bonchev–Trinajstić information content (AvgIpc) is 2.86. The molecule has 1 heterocycles. The zero-order valence-electron chi connectivity index (χ0n) is 8.89. The van der Waals surface area contributed by atoms with E-state index in [9.17, 15) is 15.0 Å². The predicted octanol–water partition coefficient (Wildman–Crippen LogP) is 0.735. The van der Waals surface area contributed by atoms with Crippen molar-refractivity contribution >= 4 is 29.0 Å². The Kier molecular flexibility index (Phi) is 3.88. The van der Waals surface area contributed by atoms with Gasteiger partial charge < -0.3 is 20.8 Å². The van der Waals surface area contributed by atoms with Crippen molar-refractivity contribution in [3.8, 4) is 0 Å². The smallest absolute Gasteiger partial charge is 0.315 e. The number of hydrogen-bond acceptors (Lipinski definition) is 4. The minimum atomic E-state index is -1.00. The van der Waals surface area contributed by atoms with Crippen molar-refractivity contribution in [1.82, 2.24) is 10.6 Å². The Hall–Kier alpha value is -0.820. The number of aliphatic hydroxyl groups excluding tert-OH is 2. The Morgan fingerprint density at radius 2 is 2.29 bits per heavy atom. The lowest BCUT2D eigenvalue weighted by Gasteiger charge is -2.19. The largest absolute Gasteiger partial charge is 0.388 e. The summed E-state index contributed by atoms with van der Waals surface area (Å²) in [6.07, 6.45) is -1.93. The van der Waals surface area contributed by atoms with Gasteiger partial charge in [0.15, 0.2) is 0 Å². The molecule has 1 aliphatic rings. The van der Waals surface area contributed by atoms with E-state index in [4.69, 9.17) is 11.6 Å². The van der Waals surface area contributed by atoms with Crippen molar-refractivity contribution < 1.29 is 15.0 Å². The molecule has 0 aromatic carbocycles. The maximum atomic E-state index is 11.5. The average molecular weight is 277 g/mol. The Morgan fingerprint density at radius 1 is 1.53 bits per heavy atom. The SMILES string of the molecule is O=C(NCCCl)N[C@H]1c2ccsc2[C@@H](O)[C@H]1O. The number of aliphatic hydroxyl groups is 2. The highest BCUT2D eigenvalue weighted by molar-refractivity contribution is 7.10. The van der Waals surface area contributed by atoms with Crippen LogP contribution in [-0.2, 0) is 0 Å². The molecule has 0 saturated carbocycles. The number of carbonyl (C=O) groups excluding carboxylic acids is 1. The molecule has 2 amide bonds. The second-order valence-electron chi connectivity index (χ2n) is 3.74. The fraction of sp³-hybridized carbons (Fsp3) is 0.500. The lowest BCUT2D eigenvalue weighted by molar-refractivity contribution is 0.0141. The Morgan fingerprint density at radius 3 is 3.00 bits per heavy atom. The molecular formula is C10H13ClN2O3S. The Balaban J connectivity index is 2.05. The minimum Gasteiger partial charge on any atom is -0.388 e. The summed E-state index contributed by atoms with van der Waals surface area (Å²) in [5.74, 6) is 0.326. The molecule has 94 valence electrons. The van der Waals surface area contributed by atoms with Crippen LogP contribution in [0.5, 0.6) is 0 Å². The van der Waals surface area contributed by atoms with Gasteiger partial charge in [-0.05, 0) is 17.0 Å². The number of rotatable bonds is 3. The van der Waals surface area contributed by atoms with Crippen LogP contribution in [0.25, 0.3) is 0 Å². The second-order valence-corrected chi connectivity index (χ2v) is 5.07. The number of fused-ring (bicyclic) bond motifs is 1. The van der Waals surface area contributed by atoms with Gasteiger partial charge in [0.1, 0.15) is 12.2 Å². The summed E-state index contributed by atoms with van der Waals surface area (Å²) in [6, 6.07) is 0.828. The fourth-order valence-electron chi connectivity index (χ4n) is 1.87. The van der Waals surface area contributed by atoms with Crippen molar-refractivity contribution in [2.45, 2.75) is 18.2 Å². The van der Waals surface area contributed by atoms with Gasteiger partial charge >= 0.3 is 6.03 Å². The van der Waals surface area contributed by atoms with Gasteiger partial charge in [-0.25, -0.2) is 4.79 Å². The van der Waals surface area contributed by atoms with Gasteiger partial charge in [0.2, 0.25) is 0 Å². The second kappa shape index (κ2) is 5.22. The van der Waals surface area contributed by atoms with E-state index in [-0.39, 0.29) is 0 Å². The van der Waals surface area contributed by atoms with Crippen molar-refractivity contribution in [2.24, 2.45) is 0 Å². The molecule has 0 aliphatic heterocycles. The standard InChI is InChI=1S/C10H13ClN2O3S/c11-2-3-12-10(16)13-6-5-1-4-17-9(5)8(15)7(6)14/h1,4,6-8,14-15H,2-3H2,(H2,12,13,16)/t6-,7-,8-/m0/s1. The van der Waals surface area contributed by atoms with Crippen LogP contribution in [0.4, 0.5) is 4.79 Å². The molecule has 2 rings (SSSR count). The summed E-state index contributed by atoms with van der Waals surface area (Å²) < 4.78 is 0. The normalized spacial score (nSPS) is 26.6. The number of carbonyl (C=O) groups is 1. The molecule has 1 aliphatic carbocycles. The van der Waals surface area contributed by atoms with E-state index in [1.54, 1.807) is 6.07 Å². The van der Waals surface area contributed by atoms with E-state index in [1.165, 1.54) is 11.3 Å². The monoisotopic (exact) mass is 276 g/mol. The third-order valence-corrected chi connectivity index (χ3v) is 3.85. The van der Waals surface area contributed by atoms with Crippen molar-refractivity contribution in [2.75, 3.05) is 12.4 Å². The molecular weight excluding hydrogens is 264 g/mol. The highest BCUT2D eigenvalue weighted by Gasteiger charge is 2.40. The lowest BCUT2D eigenvalue weighted by atomic mass is 10.1. The van der Waals surface area contributed by atoms with Crippen molar-refractivity contribution in [1.29, 1.82) is 0 Å². The van der Waals surface area contributed by atoms with Gasteiger partial charge in [0, 0.05) is 17.3 Å². The molecule has 3 atom stereocenters. The number of nitrogens with one attached hydrogen (secondary N) is 2. The molecule has 0 unspecified atom stereocenters. The maximum Gasteiger partial charge on any atom is 0.315 e. The predicted molar refractivity (Wildman–Crippen MR) is 65.3 cm³/mol. The van der Waals surface area contributed by atoms with Gasteiger partial charge in [0.05, 0.1) is 6.04 Å². The molecule has 17 heavy (non-hydrogen) atoms. The summed E-state index contributed by atoms with van der Waals surface area (Å²) >= 11 is 6.82. The quantitative estimate of drug-likeness (QED) is 0.615. The number of amides is 2. The van der Waals surface area contributed by atoms with Gasteiger partial charge in [-0.15, -0.1) is 22.9 Å². The van der Waals surface area contributed by atoms with E-state index in [1.807, 2.05) is 5.38 Å². The molecule has 5 nitrogen and oxygen atoms in total. The maximum absolute atomic E-state index is 11.5. The van der Waals surface area contributed by atoms with Crippen LogP contribution in [0.2, 0.25) is 0 Å². The fourth-order valence-corrected chi connectivity index (χ4v) is 2.93. The zero-order valence-corrected chi connectivity index (χ0v) is 10.5. The molecule has 0 saturated heterocycles. The number of halogens is 1. The third kappa shape index (κ3) is 2.40. The first-order valence-electron chi connectivity index (χ1n) is 5.19. The first-order valence-corrected chi connectivity index (χ1v) is 6.60. The van der Waals surface area contributed by atoms with Crippen LogP contribution in [-0.4, -0.2) is 34.8 Å². The van der Waals surface area contributed by atoms with Gasteiger partial charge in [-0.2, -0.15) is 0 Å². The van der Waals surface area contributed by atoms with Crippen LogP contribution in [0.15, 0.2) is 11.4 Å². The molecule has 0 bridgehead atoms. The molecule has 0 spiro atoms. The summed E-state index contributed by atoms with van der Waals surface area (Å²) in [5, 5.41) is 26.6. The van der Waals surface area contributed by atoms with E-state index < -0.39 is 24.3 Å². The molecule has 1 aromatic heterocycles. The van der Waals surface area contributed by atoms with Gasteiger partial charge in [0.25, 0.3) is 0 Å². The molecule has 1 aromatic rings. The van der Waals surface area contributed by atoms with Crippen LogP contribution < -0.4 is 10.6 Å². The van der Waals surface area contributed by atoms with Crippen LogP contribution >= 0.6 is 22.9 Å². The van der Waals surface area contributed by atoms with Crippen LogP contribution in [0, 0.1) is 0 Å². The summed E-state index contributed by atoms with van der Waals surface area (Å²) in [5.41, 5.74) is 0.774. The zero-order chi connectivity index (χ0) is 12.4. The van der Waals surface area contributed by atoms with Gasteiger partial charge in [-0.3, -0.25) is 0 Å². The van der Waals surface area contributed by atoms with E-state index in [0.29, 0.717) is 17.3 Å². The first kappa shape index (κ1) is 12.6. The molecule has 0 fully saturated rings. The minimum absolute atomic E-state index is 0.326. The number of urea groups is 1. The Labute approximate surface area is 107 Å². The third-order valence-electron chi connectivity index (χ3n) is 2.66. The first-order chi connectivity index (χ1) is 8.15. The van der Waals surface area contributed by atoms with E-state index in [0.717, 1.165) is 5.56 Å². The topological polar surface area (TPSA) is 81.6 Å². The number of hydrogen-bond donors (Lipinski definition) is 4. The highest BCUT2D eigenvalue weighted by atomic mass is 35.5. The highest BCUT2D eigenvalue weighted by Crippen LogP contribution is 2.42. The van der Waals surface area contributed by atoms with E-state index in [2.05, 4.69) is 10.6 Å².